The third kappa shape index (κ3) is 7.55. The monoisotopic (exact) mass is 829 g/mol. The predicted octanol–water partition coefficient (Wildman–Crippen LogP) is 11.2. The van der Waals surface area contributed by atoms with Crippen LogP contribution >= 0.6 is 0 Å². The standard InChI is InChI=1S/C30H20NO.C14H16NSi.Ir/c1-20-16-28(31-19-27(20)22-10-6-3-7-11-22)24-12-14-25-26-17-23(21-8-4-2-5-9-21)13-15-29(26)32-30(25)18-24;1-16(2,3)13-9-10-14(15-11-13)12-7-5-4-6-8-12;/h2-11,13-19H,1H3;4-7,9-11H,1-3H3;/q2*-1;. The number of fused-ring (bicyclic) bond motifs is 3. The molecule has 0 bridgehead atoms. The van der Waals surface area contributed by atoms with Crippen molar-refractivity contribution in [3.05, 3.63) is 164 Å². The molecule has 0 amide bonds. The molecule has 0 aliphatic heterocycles. The number of aryl methyl sites for hydroxylation is 1. The van der Waals surface area contributed by atoms with E-state index in [1.807, 2.05) is 67.0 Å². The van der Waals surface area contributed by atoms with Gasteiger partial charge in [0.25, 0.3) is 0 Å². The van der Waals surface area contributed by atoms with Gasteiger partial charge in [-0.05, 0) is 57.2 Å². The second kappa shape index (κ2) is 14.7. The van der Waals surface area contributed by atoms with Crippen LogP contribution in [0, 0.1) is 19.1 Å². The Labute approximate surface area is 303 Å². The molecule has 8 rings (SSSR count). The molecule has 0 saturated heterocycles. The van der Waals surface area contributed by atoms with Crippen molar-refractivity contribution in [3.8, 4) is 44.8 Å². The van der Waals surface area contributed by atoms with Gasteiger partial charge in [-0.2, -0.15) is 0 Å². The van der Waals surface area contributed by atoms with Gasteiger partial charge in [0.05, 0.1) is 13.7 Å². The van der Waals surface area contributed by atoms with Crippen LogP contribution in [0.3, 0.4) is 0 Å². The maximum absolute atomic E-state index is 6.18. The van der Waals surface area contributed by atoms with Gasteiger partial charge < -0.3 is 14.4 Å². The maximum atomic E-state index is 6.18. The summed E-state index contributed by atoms with van der Waals surface area (Å²) < 4.78 is 6.18. The molecule has 0 saturated carbocycles. The first kappa shape index (κ1) is 33.9. The van der Waals surface area contributed by atoms with Crippen molar-refractivity contribution in [2.45, 2.75) is 26.6 Å². The van der Waals surface area contributed by atoms with Gasteiger partial charge in [-0.1, -0.05) is 122 Å². The van der Waals surface area contributed by atoms with E-state index >= 15 is 0 Å². The van der Waals surface area contributed by atoms with E-state index in [1.54, 1.807) is 0 Å². The van der Waals surface area contributed by atoms with Gasteiger partial charge in [0, 0.05) is 38.1 Å². The first-order valence-corrected chi connectivity index (χ1v) is 19.7. The summed E-state index contributed by atoms with van der Waals surface area (Å²) >= 11 is 0. The second-order valence-corrected chi connectivity index (χ2v) is 18.1. The number of nitrogens with zero attached hydrogens (tertiary/aromatic N) is 2. The summed E-state index contributed by atoms with van der Waals surface area (Å²) in [6, 6.07) is 52.2. The third-order valence-electron chi connectivity index (χ3n) is 8.60. The molecule has 0 spiro atoms. The summed E-state index contributed by atoms with van der Waals surface area (Å²) in [5, 5.41) is 3.57. The number of hydrogen-bond acceptors (Lipinski definition) is 3. The molecule has 3 heterocycles. The van der Waals surface area contributed by atoms with Crippen LogP contribution in [0.25, 0.3) is 66.7 Å². The minimum absolute atomic E-state index is 0. The predicted molar refractivity (Wildman–Crippen MR) is 203 cm³/mol. The van der Waals surface area contributed by atoms with Gasteiger partial charge in [-0.3, -0.25) is 0 Å². The molecule has 0 N–H and O–H groups in total. The fourth-order valence-electron chi connectivity index (χ4n) is 5.85. The molecule has 1 radical (unpaired) electrons. The summed E-state index contributed by atoms with van der Waals surface area (Å²) in [5.41, 5.74) is 11.5. The Balaban J connectivity index is 0.000000208. The molecule has 0 unspecified atom stereocenters. The summed E-state index contributed by atoms with van der Waals surface area (Å²) in [6.45, 7) is 9.12. The largest absolute Gasteiger partial charge is 0.476 e. The van der Waals surface area contributed by atoms with Crippen LogP contribution in [-0.4, -0.2) is 18.0 Å². The average Bonchev–Trinajstić information content (AvgIpc) is 3.50. The van der Waals surface area contributed by atoms with Crippen LogP contribution in [0.4, 0.5) is 0 Å². The molecule has 3 nitrogen and oxygen atoms in total. The third-order valence-corrected chi connectivity index (χ3v) is 10.6. The molecule has 5 aromatic carbocycles. The van der Waals surface area contributed by atoms with Crippen molar-refractivity contribution in [2.75, 3.05) is 0 Å². The van der Waals surface area contributed by atoms with Gasteiger partial charge in [0.1, 0.15) is 5.58 Å². The van der Waals surface area contributed by atoms with Gasteiger partial charge in [0.15, 0.2) is 0 Å². The quantitative estimate of drug-likeness (QED) is 0.128. The summed E-state index contributed by atoms with van der Waals surface area (Å²) in [5.74, 6) is 0. The number of aromatic nitrogens is 2. The Hall–Kier alpha value is -4.93. The molecule has 0 atom stereocenters. The van der Waals surface area contributed by atoms with Crippen LogP contribution in [0.5, 0.6) is 0 Å². The molecule has 0 aliphatic carbocycles. The van der Waals surface area contributed by atoms with Crippen LogP contribution in [0.1, 0.15) is 5.56 Å². The molecule has 243 valence electrons. The van der Waals surface area contributed by atoms with E-state index in [-0.39, 0.29) is 20.1 Å². The zero-order valence-electron chi connectivity index (χ0n) is 28.0. The SMILES string of the molecule is C[Si](C)(C)c1ccc(-c2[c-]cccc2)nc1.Cc1cc(-c2[c-]cc3c(c2)oc2ccc(-c4ccccc4)cc23)ncc1-c1ccccc1.[Ir]. The van der Waals surface area contributed by atoms with Crippen molar-refractivity contribution < 1.29 is 24.5 Å². The van der Waals surface area contributed by atoms with E-state index in [0.717, 1.165) is 50.0 Å². The Bertz CT molecular complexity index is 2310. The fourth-order valence-corrected chi connectivity index (χ4v) is 6.88. The van der Waals surface area contributed by atoms with Crippen LogP contribution in [0.15, 0.2) is 150 Å². The average molecular weight is 829 g/mol. The van der Waals surface area contributed by atoms with Crippen LogP contribution < -0.4 is 5.19 Å². The molecule has 3 aromatic heterocycles. The number of pyridine rings is 2. The first-order chi connectivity index (χ1) is 23.3. The number of furan rings is 1. The van der Waals surface area contributed by atoms with E-state index in [4.69, 9.17) is 9.40 Å². The summed E-state index contributed by atoms with van der Waals surface area (Å²) in [7, 11) is -1.23. The van der Waals surface area contributed by atoms with E-state index < -0.39 is 8.07 Å². The summed E-state index contributed by atoms with van der Waals surface area (Å²) in [4.78, 5) is 9.25. The molecular weight excluding hydrogens is 793 g/mol. The Morgan fingerprint density at radius 2 is 1.29 bits per heavy atom. The van der Waals surface area contributed by atoms with Gasteiger partial charge in [-0.25, -0.2) is 0 Å². The minimum Gasteiger partial charge on any atom is -0.476 e. The molecule has 0 fully saturated rings. The smallest absolute Gasteiger partial charge is 0.123 e. The van der Waals surface area contributed by atoms with Crippen molar-refractivity contribution in [1.29, 1.82) is 0 Å². The normalized spacial score (nSPS) is 11.1. The van der Waals surface area contributed by atoms with Crippen molar-refractivity contribution >= 4 is 35.2 Å². The second-order valence-electron chi connectivity index (χ2n) is 13.0. The zero-order chi connectivity index (χ0) is 33.1. The fraction of sp³-hybridized carbons (Fsp3) is 0.0909. The Kier molecular flexibility index (Phi) is 10.2. The minimum atomic E-state index is -1.23. The van der Waals surface area contributed by atoms with Crippen LogP contribution in [-0.2, 0) is 20.1 Å². The van der Waals surface area contributed by atoms with Crippen LogP contribution in [0.2, 0.25) is 19.6 Å². The Morgan fingerprint density at radius 1 is 0.571 bits per heavy atom. The number of hydrogen-bond donors (Lipinski definition) is 0. The number of benzene rings is 5. The molecule has 5 heteroatoms. The summed E-state index contributed by atoms with van der Waals surface area (Å²) in [6.07, 6.45) is 3.96. The van der Waals surface area contributed by atoms with E-state index in [1.165, 1.54) is 27.4 Å². The van der Waals surface area contributed by atoms with Gasteiger partial charge in [-0.15, -0.1) is 53.6 Å². The van der Waals surface area contributed by atoms with E-state index in [0.29, 0.717) is 0 Å². The van der Waals surface area contributed by atoms with Crippen molar-refractivity contribution in [1.82, 2.24) is 9.97 Å². The maximum Gasteiger partial charge on any atom is 0.123 e. The van der Waals surface area contributed by atoms with E-state index in [2.05, 4.69) is 123 Å². The zero-order valence-corrected chi connectivity index (χ0v) is 31.4. The van der Waals surface area contributed by atoms with Crippen molar-refractivity contribution in [2.24, 2.45) is 0 Å². The molecular formula is C44H36IrN2OSi-2. The Morgan fingerprint density at radius 3 is 1.94 bits per heavy atom. The molecule has 0 aliphatic rings. The van der Waals surface area contributed by atoms with Gasteiger partial charge >= 0.3 is 0 Å². The first-order valence-electron chi connectivity index (χ1n) is 16.2. The van der Waals surface area contributed by atoms with Gasteiger partial charge in [0.2, 0.25) is 0 Å². The topological polar surface area (TPSA) is 38.9 Å². The van der Waals surface area contributed by atoms with Crippen molar-refractivity contribution in [3.63, 3.8) is 0 Å². The molecule has 49 heavy (non-hydrogen) atoms. The van der Waals surface area contributed by atoms with E-state index in [9.17, 15) is 0 Å². The molecule has 8 aromatic rings. The number of rotatable bonds is 5.